The van der Waals surface area contributed by atoms with E-state index < -0.39 is 17.1 Å². The summed E-state index contributed by atoms with van der Waals surface area (Å²) in [5, 5.41) is 3.53. The van der Waals surface area contributed by atoms with E-state index in [0.717, 1.165) is 28.8 Å². The van der Waals surface area contributed by atoms with Gasteiger partial charge in [0, 0.05) is 0 Å². The molecule has 6 nitrogen and oxygen atoms in total. The molecule has 0 aromatic heterocycles. The van der Waals surface area contributed by atoms with Crippen molar-refractivity contribution in [1.82, 2.24) is 0 Å². The Kier molecular flexibility index (Phi) is 10.6. The fourth-order valence-corrected chi connectivity index (χ4v) is 3.25. The molecular formula is C22H27BrFNO5. The summed E-state index contributed by atoms with van der Waals surface area (Å²) in [5.41, 5.74) is 1.89. The van der Waals surface area contributed by atoms with Crippen molar-refractivity contribution in [3.05, 3.63) is 59.7 Å². The van der Waals surface area contributed by atoms with Gasteiger partial charge < -0.3 is 23.8 Å². The maximum absolute atomic E-state index is 14.7. The molecule has 0 saturated carbocycles. The molecule has 0 aliphatic heterocycles. The Bertz CT molecular complexity index is 757. The van der Waals surface area contributed by atoms with Crippen molar-refractivity contribution < 1.29 is 28.2 Å². The lowest BCUT2D eigenvalue weighted by Gasteiger charge is -2.24. The highest BCUT2D eigenvalue weighted by atomic mass is 79.9. The topological polar surface area (TPSA) is 58.5 Å². The summed E-state index contributed by atoms with van der Waals surface area (Å²) in [4.78, 5) is 4.20. The molecule has 0 bridgehead atoms. The quantitative estimate of drug-likeness (QED) is 0.238. The Labute approximate surface area is 185 Å². The van der Waals surface area contributed by atoms with Gasteiger partial charge in [-0.3, -0.25) is 0 Å². The number of benzene rings is 2. The van der Waals surface area contributed by atoms with Crippen LogP contribution in [0.4, 0.5) is 4.39 Å². The Morgan fingerprint density at radius 1 is 0.900 bits per heavy atom. The standard InChI is InChI=1S/C22H27BrFNO5/c1-26-18-8-4-16(5-9-18)13-29-15-20(23)22(21(24)12-25-28-3)30-14-17-6-10-19(27-2)11-7-17/h4-12,20-22H,13-15H2,1-3H3/t20-,21?,22?/m0/s1. The van der Waals surface area contributed by atoms with Gasteiger partial charge in [0.1, 0.15) is 24.7 Å². The summed E-state index contributed by atoms with van der Waals surface area (Å²) in [7, 11) is 4.58. The largest absolute Gasteiger partial charge is 0.497 e. The number of ether oxygens (including phenoxy) is 4. The predicted molar refractivity (Wildman–Crippen MR) is 117 cm³/mol. The second-order valence-electron chi connectivity index (χ2n) is 6.38. The van der Waals surface area contributed by atoms with Gasteiger partial charge >= 0.3 is 0 Å². The highest BCUT2D eigenvalue weighted by Crippen LogP contribution is 2.20. The number of nitrogens with zero attached hydrogens (tertiary/aromatic N) is 1. The molecule has 3 atom stereocenters. The van der Waals surface area contributed by atoms with Gasteiger partial charge in [-0.1, -0.05) is 45.4 Å². The summed E-state index contributed by atoms with van der Waals surface area (Å²) in [6.45, 7) is 0.872. The second kappa shape index (κ2) is 13.2. The van der Waals surface area contributed by atoms with Gasteiger partial charge in [0.15, 0.2) is 6.17 Å². The highest BCUT2D eigenvalue weighted by molar-refractivity contribution is 9.09. The maximum atomic E-state index is 14.7. The van der Waals surface area contributed by atoms with E-state index in [0.29, 0.717) is 6.61 Å². The van der Waals surface area contributed by atoms with Crippen LogP contribution in [0.25, 0.3) is 0 Å². The number of oxime groups is 1. The molecule has 0 heterocycles. The van der Waals surface area contributed by atoms with Crippen LogP contribution in [0.1, 0.15) is 11.1 Å². The molecule has 0 radical (unpaired) electrons. The van der Waals surface area contributed by atoms with Crippen LogP contribution in [0.3, 0.4) is 0 Å². The van der Waals surface area contributed by atoms with Crippen molar-refractivity contribution in [3.63, 3.8) is 0 Å². The van der Waals surface area contributed by atoms with E-state index in [-0.39, 0.29) is 13.2 Å². The van der Waals surface area contributed by atoms with Gasteiger partial charge in [-0.05, 0) is 35.4 Å². The van der Waals surface area contributed by atoms with Gasteiger partial charge in [-0.2, -0.15) is 0 Å². The zero-order valence-corrected chi connectivity index (χ0v) is 18.9. The first-order valence-electron chi connectivity index (χ1n) is 9.37. The Morgan fingerprint density at radius 2 is 1.43 bits per heavy atom. The molecule has 2 aromatic carbocycles. The van der Waals surface area contributed by atoms with Crippen molar-refractivity contribution in [2.45, 2.75) is 30.3 Å². The molecule has 0 fully saturated rings. The van der Waals surface area contributed by atoms with Crippen LogP contribution in [0.5, 0.6) is 11.5 Å². The van der Waals surface area contributed by atoms with Crippen LogP contribution in [0, 0.1) is 0 Å². The molecule has 30 heavy (non-hydrogen) atoms. The van der Waals surface area contributed by atoms with Crippen molar-refractivity contribution >= 4 is 22.1 Å². The molecule has 2 aromatic rings. The first-order valence-corrected chi connectivity index (χ1v) is 10.3. The lowest BCUT2D eigenvalue weighted by molar-refractivity contribution is -0.0104. The molecule has 0 N–H and O–H groups in total. The second-order valence-corrected chi connectivity index (χ2v) is 7.56. The molecule has 0 aliphatic carbocycles. The summed E-state index contributed by atoms with van der Waals surface area (Å²) >= 11 is 3.50. The SMILES string of the molecule is CON=CC(F)C(OCc1ccc(OC)cc1)[C@@H](Br)COCc1ccc(OC)cc1. The maximum Gasteiger partial charge on any atom is 0.166 e. The molecule has 2 unspecified atom stereocenters. The molecule has 2 rings (SSSR count). The summed E-state index contributed by atoms with van der Waals surface area (Å²) in [5.74, 6) is 1.53. The minimum atomic E-state index is -1.47. The van der Waals surface area contributed by atoms with Crippen LogP contribution >= 0.6 is 15.9 Å². The number of halogens is 2. The number of hydrogen-bond acceptors (Lipinski definition) is 6. The fourth-order valence-electron chi connectivity index (χ4n) is 2.62. The van der Waals surface area contributed by atoms with Crippen LogP contribution < -0.4 is 9.47 Å². The van der Waals surface area contributed by atoms with Gasteiger partial charge in [0.05, 0.1) is 45.1 Å². The average molecular weight is 484 g/mol. The van der Waals surface area contributed by atoms with E-state index >= 15 is 0 Å². The highest BCUT2D eigenvalue weighted by Gasteiger charge is 2.28. The van der Waals surface area contributed by atoms with E-state index in [9.17, 15) is 4.39 Å². The fraction of sp³-hybridized carbons (Fsp3) is 0.409. The number of rotatable bonds is 13. The lowest BCUT2D eigenvalue weighted by Crippen LogP contribution is -2.37. The molecule has 164 valence electrons. The van der Waals surface area contributed by atoms with E-state index in [1.165, 1.54) is 7.11 Å². The number of methoxy groups -OCH3 is 2. The first-order chi connectivity index (χ1) is 14.6. The van der Waals surface area contributed by atoms with E-state index in [1.807, 2.05) is 48.5 Å². The van der Waals surface area contributed by atoms with Crippen LogP contribution in [0.2, 0.25) is 0 Å². The van der Waals surface area contributed by atoms with Crippen LogP contribution in [0.15, 0.2) is 53.7 Å². The Hall–Kier alpha value is -2.16. The smallest absolute Gasteiger partial charge is 0.166 e. The minimum Gasteiger partial charge on any atom is -0.497 e. The van der Waals surface area contributed by atoms with Gasteiger partial charge in [0.2, 0.25) is 0 Å². The summed E-state index contributed by atoms with van der Waals surface area (Å²) in [6, 6.07) is 15.0. The molecule has 0 amide bonds. The summed E-state index contributed by atoms with van der Waals surface area (Å²) in [6.07, 6.45) is -1.21. The van der Waals surface area contributed by atoms with Crippen molar-refractivity contribution in [2.24, 2.45) is 5.16 Å². The zero-order valence-electron chi connectivity index (χ0n) is 17.3. The van der Waals surface area contributed by atoms with E-state index in [4.69, 9.17) is 18.9 Å². The normalized spacial score (nSPS) is 14.3. The average Bonchev–Trinajstić information content (AvgIpc) is 2.78. The van der Waals surface area contributed by atoms with Crippen molar-refractivity contribution in [2.75, 3.05) is 27.9 Å². The third-order valence-corrected chi connectivity index (χ3v) is 5.07. The third-order valence-electron chi connectivity index (χ3n) is 4.29. The van der Waals surface area contributed by atoms with E-state index in [2.05, 4.69) is 25.9 Å². The molecule has 0 spiro atoms. The third kappa shape index (κ3) is 7.93. The lowest BCUT2D eigenvalue weighted by atomic mass is 10.1. The first kappa shape index (κ1) is 24.1. The Balaban J connectivity index is 1.92. The number of hydrogen-bond donors (Lipinski definition) is 0. The van der Waals surface area contributed by atoms with Crippen molar-refractivity contribution in [1.29, 1.82) is 0 Å². The summed E-state index contributed by atoms with van der Waals surface area (Å²) < 4.78 is 36.6. The van der Waals surface area contributed by atoms with E-state index in [1.54, 1.807) is 14.2 Å². The minimum absolute atomic E-state index is 0.233. The van der Waals surface area contributed by atoms with Crippen LogP contribution in [-0.2, 0) is 27.5 Å². The van der Waals surface area contributed by atoms with Crippen molar-refractivity contribution in [3.8, 4) is 11.5 Å². The Morgan fingerprint density at radius 3 is 1.93 bits per heavy atom. The van der Waals surface area contributed by atoms with Crippen LogP contribution in [-0.4, -0.2) is 51.3 Å². The van der Waals surface area contributed by atoms with Gasteiger partial charge in [0.25, 0.3) is 0 Å². The predicted octanol–water partition coefficient (Wildman–Crippen LogP) is 4.54. The monoisotopic (exact) mass is 483 g/mol. The number of alkyl halides is 2. The molecule has 8 heteroatoms. The van der Waals surface area contributed by atoms with Gasteiger partial charge in [-0.15, -0.1) is 0 Å². The van der Waals surface area contributed by atoms with Gasteiger partial charge in [-0.25, -0.2) is 4.39 Å². The molecule has 0 saturated heterocycles. The molecular weight excluding hydrogens is 457 g/mol. The zero-order chi connectivity index (χ0) is 21.8. The molecule has 0 aliphatic rings.